The molecule has 2 aliphatic rings. The number of hydrogen-bond donors (Lipinski definition) is 1. The number of para-hydroxylation sites is 1. The van der Waals surface area contributed by atoms with Gasteiger partial charge < -0.3 is 10.1 Å². The number of hydrogen-bond acceptors (Lipinski definition) is 4. The van der Waals surface area contributed by atoms with Gasteiger partial charge in [0.05, 0.1) is 0 Å². The van der Waals surface area contributed by atoms with Crippen LogP contribution in [0.25, 0.3) is 0 Å². The number of nitrogens with zero attached hydrogens (tertiary/aromatic N) is 1. The average molecular weight is 258 g/mol. The Morgan fingerprint density at radius 2 is 2.32 bits per heavy atom. The third kappa shape index (κ3) is 2.07. The fourth-order valence-electron chi connectivity index (χ4n) is 2.12. The molecule has 0 atom stereocenters. The van der Waals surface area contributed by atoms with Crippen LogP contribution in [0, 0.1) is 0 Å². The number of benzene rings is 1. The molecule has 1 aliphatic heterocycles. The van der Waals surface area contributed by atoms with Gasteiger partial charge in [-0.25, -0.2) is 4.79 Å². The van der Waals surface area contributed by atoms with Gasteiger partial charge in [-0.2, -0.15) is 0 Å². The van der Waals surface area contributed by atoms with Crippen molar-refractivity contribution < 1.29 is 14.4 Å². The highest BCUT2D eigenvalue weighted by atomic mass is 16.7. The minimum Gasteiger partial charge on any atom is -0.480 e. The summed E-state index contributed by atoms with van der Waals surface area (Å²) in [5, 5.41) is 6.48. The van der Waals surface area contributed by atoms with Crippen LogP contribution in [0.2, 0.25) is 0 Å². The van der Waals surface area contributed by atoms with E-state index in [1.54, 1.807) is 6.08 Å². The lowest BCUT2D eigenvalue weighted by Gasteiger charge is -2.07. The first kappa shape index (κ1) is 11.8. The Labute approximate surface area is 110 Å². The maximum Gasteiger partial charge on any atom is 0.433 e. The van der Waals surface area contributed by atoms with Gasteiger partial charge in [0.2, 0.25) is 0 Å². The minimum atomic E-state index is -0.590. The van der Waals surface area contributed by atoms with E-state index in [-0.39, 0.29) is 5.60 Å². The summed E-state index contributed by atoms with van der Waals surface area (Å²) >= 11 is 0. The zero-order valence-electron chi connectivity index (χ0n) is 10.4. The van der Waals surface area contributed by atoms with Crippen LogP contribution in [0.4, 0.5) is 4.79 Å². The largest absolute Gasteiger partial charge is 0.480 e. The summed E-state index contributed by atoms with van der Waals surface area (Å²) in [4.78, 5) is 16.2. The molecule has 1 spiro atoms. The molecule has 0 aromatic heterocycles. The molecule has 1 aromatic rings. The van der Waals surface area contributed by atoms with Crippen molar-refractivity contribution in [1.29, 1.82) is 0 Å². The van der Waals surface area contributed by atoms with Crippen molar-refractivity contribution in [2.24, 2.45) is 5.16 Å². The second-order valence-corrected chi connectivity index (χ2v) is 4.58. The number of nitrogens with one attached hydrogen (secondary N) is 1. The highest BCUT2D eigenvalue weighted by Crippen LogP contribution is 2.50. The van der Waals surface area contributed by atoms with Gasteiger partial charge in [-0.1, -0.05) is 23.4 Å². The van der Waals surface area contributed by atoms with E-state index >= 15 is 0 Å². The Kier molecular flexibility index (Phi) is 2.74. The van der Waals surface area contributed by atoms with Crippen LogP contribution in [-0.4, -0.2) is 24.0 Å². The van der Waals surface area contributed by atoms with Gasteiger partial charge in [0.25, 0.3) is 0 Å². The van der Waals surface area contributed by atoms with Gasteiger partial charge in [0.15, 0.2) is 5.60 Å². The van der Waals surface area contributed by atoms with E-state index in [1.807, 2.05) is 24.3 Å². The number of rotatable bonds is 3. The summed E-state index contributed by atoms with van der Waals surface area (Å²) in [7, 11) is 0. The number of amides is 1. The second kappa shape index (κ2) is 4.42. The van der Waals surface area contributed by atoms with Crippen molar-refractivity contribution in [3.63, 3.8) is 0 Å². The molecule has 3 rings (SSSR count). The highest BCUT2D eigenvalue weighted by Gasteiger charge is 2.56. The summed E-state index contributed by atoms with van der Waals surface area (Å²) in [6.07, 6.45) is 2.79. The standard InChI is InChI=1S/C14H14N2O3/c1-2-9-15-13(17)19-16-12-10-5-3-4-6-11(10)18-14(12)7-8-14/h2-6H,1,7-9H2,(H,15,17)/b16-12+. The quantitative estimate of drug-likeness (QED) is 0.514. The maximum atomic E-state index is 11.4. The Morgan fingerprint density at radius 3 is 3.05 bits per heavy atom. The fourth-order valence-corrected chi connectivity index (χ4v) is 2.12. The lowest BCUT2D eigenvalue weighted by atomic mass is 10.1. The molecule has 98 valence electrons. The summed E-state index contributed by atoms with van der Waals surface area (Å²) in [6.45, 7) is 3.86. The Morgan fingerprint density at radius 1 is 1.53 bits per heavy atom. The van der Waals surface area contributed by atoms with Gasteiger partial charge in [0.1, 0.15) is 11.5 Å². The van der Waals surface area contributed by atoms with E-state index in [1.165, 1.54) is 0 Å². The molecule has 5 nitrogen and oxygen atoms in total. The first-order chi connectivity index (χ1) is 9.25. The zero-order chi connectivity index (χ0) is 13.3. The molecule has 5 heteroatoms. The Balaban J connectivity index is 1.79. The molecule has 1 heterocycles. The van der Waals surface area contributed by atoms with Crippen molar-refractivity contribution in [2.45, 2.75) is 18.4 Å². The van der Waals surface area contributed by atoms with Crippen LogP contribution in [0.3, 0.4) is 0 Å². The summed E-state index contributed by atoms with van der Waals surface area (Å²) in [6, 6.07) is 7.65. The van der Waals surface area contributed by atoms with Gasteiger partial charge in [-0.05, 0) is 25.0 Å². The highest BCUT2D eigenvalue weighted by molar-refractivity contribution is 6.12. The molecule has 1 saturated carbocycles. The van der Waals surface area contributed by atoms with Crippen LogP contribution in [0.15, 0.2) is 42.1 Å². The molecule has 0 saturated heterocycles. The van der Waals surface area contributed by atoms with Crippen molar-refractivity contribution in [3.05, 3.63) is 42.5 Å². The summed E-state index contributed by atoms with van der Waals surface area (Å²) in [5.41, 5.74) is 1.23. The molecular weight excluding hydrogens is 244 g/mol. The molecule has 0 radical (unpaired) electrons. The topological polar surface area (TPSA) is 59.9 Å². The Hall–Kier alpha value is -2.30. The predicted molar refractivity (Wildman–Crippen MR) is 70.3 cm³/mol. The third-order valence-corrected chi connectivity index (χ3v) is 3.19. The van der Waals surface area contributed by atoms with Crippen LogP contribution >= 0.6 is 0 Å². The number of fused-ring (bicyclic) bond motifs is 1. The molecule has 1 aromatic carbocycles. The van der Waals surface area contributed by atoms with E-state index in [0.29, 0.717) is 12.3 Å². The van der Waals surface area contributed by atoms with Gasteiger partial charge in [0, 0.05) is 12.1 Å². The number of oxime groups is 1. The lowest BCUT2D eigenvalue weighted by molar-refractivity contribution is 0.150. The number of carbonyl (C=O) groups is 1. The minimum absolute atomic E-state index is 0.349. The van der Waals surface area contributed by atoms with Crippen molar-refractivity contribution in [2.75, 3.05) is 6.54 Å². The molecule has 0 bridgehead atoms. The van der Waals surface area contributed by atoms with Gasteiger partial charge >= 0.3 is 6.09 Å². The van der Waals surface area contributed by atoms with Gasteiger partial charge in [-0.15, -0.1) is 6.58 Å². The normalized spacial score (nSPS) is 19.7. The van der Waals surface area contributed by atoms with E-state index in [2.05, 4.69) is 17.1 Å². The molecule has 0 unspecified atom stereocenters. The van der Waals surface area contributed by atoms with Crippen LogP contribution in [-0.2, 0) is 4.84 Å². The molecular formula is C14H14N2O3. The molecule has 1 aliphatic carbocycles. The summed E-state index contributed by atoms with van der Waals surface area (Å²) in [5.74, 6) is 0.800. The monoisotopic (exact) mass is 258 g/mol. The van der Waals surface area contributed by atoms with E-state index in [9.17, 15) is 4.79 Å². The van der Waals surface area contributed by atoms with Crippen LogP contribution in [0.1, 0.15) is 18.4 Å². The third-order valence-electron chi connectivity index (χ3n) is 3.19. The fraction of sp³-hybridized carbons (Fsp3) is 0.286. The predicted octanol–water partition coefficient (Wildman–Crippen LogP) is 2.23. The van der Waals surface area contributed by atoms with Crippen LogP contribution < -0.4 is 10.1 Å². The second-order valence-electron chi connectivity index (χ2n) is 4.58. The van der Waals surface area contributed by atoms with E-state index in [4.69, 9.17) is 9.57 Å². The molecule has 1 fully saturated rings. The number of carbonyl (C=O) groups excluding carboxylic acids is 1. The molecule has 1 N–H and O–H groups in total. The average Bonchev–Trinajstić information content (AvgIpc) is 3.10. The lowest BCUT2D eigenvalue weighted by Crippen LogP contribution is -2.26. The first-order valence-electron chi connectivity index (χ1n) is 6.18. The van der Waals surface area contributed by atoms with Crippen molar-refractivity contribution >= 4 is 11.8 Å². The smallest absolute Gasteiger partial charge is 0.433 e. The van der Waals surface area contributed by atoms with Crippen molar-refractivity contribution in [3.8, 4) is 5.75 Å². The van der Waals surface area contributed by atoms with Gasteiger partial charge in [-0.3, -0.25) is 4.84 Å². The zero-order valence-corrected chi connectivity index (χ0v) is 10.4. The van der Waals surface area contributed by atoms with Crippen molar-refractivity contribution in [1.82, 2.24) is 5.32 Å². The molecule has 19 heavy (non-hydrogen) atoms. The summed E-state index contributed by atoms with van der Waals surface area (Å²) < 4.78 is 5.87. The first-order valence-corrected chi connectivity index (χ1v) is 6.18. The number of ether oxygens (including phenoxy) is 1. The molecule has 1 amide bonds. The van der Waals surface area contributed by atoms with E-state index < -0.39 is 6.09 Å². The maximum absolute atomic E-state index is 11.4. The van der Waals surface area contributed by atoms with E-state index in [0.717, 1.165) is 24.2 Å². The van der Waals surface area contributed by atoms with Crippen LogP contribution in [0.5, 0.6) is 5.75 Å². The Bertz CT molecular complexity index is 562. The SMILES string of the molecule is C=CCNC(=O)O/N=C1\c2ccccc2OC12CC2.